The third-order valence-corrected chi connectivity index (χ3v) is 7.62. The first-order valence-corrected chi connectivity index (χ1v) is 12.4. The van der Waals surface area contributed by atoms with E-state index < -0.39 is 10.0 Å². The lowest BCUT2D eigenvalue weighted by Crippen LogP contribution is -2.41. The number of aromatic nitrogens is 1. The van der Waals surface area contributed by atoms with E-state index in [-0.39, 0.29) is 12.2 Å². The van der Waals surface area contributed by atoms with Crippen molar-refractivity contribution in [1.82, 2.24) is 9.29 Å². The van der Waals surface area contributed by atoms with E-state index in [2.05, 4.69) is 42.6 Å². The van der Waals surface area contributed by atoms with Crippen molar-refractivity contribution in [1.29, 1.82) is 0 Å². The molecule has 3 rings (SSSR count). The zero-order valence-electron chi connectivity index (χ0n) is 19.4. The third-order valence-electron chi connectivity index (χ3n) is 5.70. The lowest BCUT2D eigenvalue weighted by molar-refractivity contribution is 0.106. The van der Waals surface area contributed by atoms with Crippen molar-refractivity contribution in [3.05, 3.63) is 60.9 Å². The Hall–Kier alpha value is -2.42. The van der Waals surface area contributed by atoms with Crippen LogP contribution in [0.15, 0.2) is 60.3 Å². The van der Waals surface area contributed by atoms with Gasteiger partial charge in [-0.15, -0.1) is 6.58 Å². The summed E-state index contributed by atoms with van der Waals surface area (Å²) in [5.74, 6) is 0.349. The molecule has 7 nitrogen and oxygen atoms in total. The van der Waals surface area contributed by atoms with Gasteiger partial charge in [0.2, 0.25) is 10.0 Å². The minimum Gasteiger partial charge on any atom is -0.376 e. The maximum absolute atomic E-state index is 13.3. The van der Waals surface area contributed by atoms with Crippen LogP contribution in [-0.2, 0) is 21.3 Å². The molecule has 2 heterocycles. The molecule has 0 radical (unpaired) electrons. The number of benzene rings is 1. The van der Waals surface area contributed by atoms with Gasteiger partial charge in [0.15, 0.2) is 0 Å². The van der Waals surface area contributed by atoms with E-state index >= 15 is 0 Å². The van der Waals surface area contributed by atoms with Gasteiger partial charge in [0.05, 0.1) is 41.8 Å². The highest BCUT2D eigenvalue weighted by atomic mass is 32.2. The molecular formula is C24H34N4O3S. The van der Waals surface area contributed by atoms with Crippen LogP contribution in [0.25, 0.3) is 0 Å². The Kier molecular flexibility index (Phi) is 7.92. The molecule has 0 bridgehead atoms. The van der Waals surface area contributed by atoms with E-state index in [0.29, 0.717) is 30.6 Å². The van der Waals surface area contributed by atoms with Crippen molar-refractivity contribution in [2.45, 2.75) is 50.8 Å². The number of fused-ring (bicyclic) bond motifs is 1. The number of pyridine rings is 1. The van der Waals surface area contributed by atoms with Gasteiger partial charge < -0.3 is 15.0 Å². The van der Waals surface area contributed by atoms with E-state index in [4.69, 9.17) is 4.74 Å². The van der Waals surface area contributed by atoms with Crippen LogP contribution in [0.5, 0.6) is 0 Å². The molecule has 1 N–H and O–H groups in total. The molecule has 32 heavy (non-hydrogen) atoms. The first kappa shape index (κ1) is 24.2. The van der Waals surface area contributed by atoms with Gasteiger partial charge >= 0.3 is 0 Å². The molecule has 174 valence electrons. The van der Waals surface area contributed by atoms with Gasteiger partial charge in [0.1, 0.15) is 0 Å². The highest BCUT2D eigenvalue weighted by molar-refractivity contribution is 7.89. The second kappa shape index (κ2) is 10.5. The molecule has 0 aliphatic carbocycles. The highest BCUT2D eigenvalue weighted by Gasteiger charge is 2.29. The average molecular weight is 459 g/mol. The molecule has 2 atom stereocenters. The van der Waals surface area contributed by atoms with Crippen LogP contribution < -0.4 is 10.2 Å². The van der Waals surface area contributed by atoms with Gasteiger partial charge in [-0.25, -0.2) is 8.42 Å². The Morgan fingerprint density at radius 3 is 2.66 bits per heavy atom. The van der Waals surface area contributed by atoms with Gasteiger partial charge in [0, 0.05) is 25.8 Å². The molecule has 0 spiro atoms. The molecule has 1 aromatic heterocycles. The van der Waals surface area contributed by atoms with Crippen molar-refractivity contribution in [2.24, 2.45) is 5.92 Å². The lowest BCUT2D eigenvalue weighted by Gasteiger charge is -2.29. The molecule has 1 aliphatic rings. The predicted molar refractivity (Wildman–Crippen MR) is 129 cm³/mol. The van der Waals surface area contributed by atoms with E-state index in [1.165, 1.54) is 4.31 Å². The van der Waals surface area contributed by atoms with Crippen molar-refractivity contribution in [3.63, 3.8) is 0 Å². The fourth-order valence-corrected chi connectivity index (χ4v) is 5.31. The topological polar surface area (TPSA) is 74.8 Å². The molecule has 1 aromatic carbocycles. The summed E-state index contributed by atoms with van der Waals surface area (Å²) in [5.41, 5.74) is 3.15. The first-order chi connectivity index (χ1) is 15.2. The monoisotopic (exact) mass is 458 g/mol. The van der Waals surface area contributed by atoms with E-state index in [1.54, 1.807) is 31.5 Å². The lowest BCUT2D eigenvalue weighted by atomic mass is 10.0. The summed E-state index contributed by atoms with van der Waals surface area (Å²) >= 11 is 0. The molecule has 0 saturated heterocycles. The fraction of sp³-hybridized carbons (Fsp3) is 0.458. The van der Waals surface area contributed by atoms with Crippen LogP contribution in [-0.4, -0.2) is 50.2 Å². The number of hydrogen-bond donors (Lipinski definition) is 1. The van der Waals surface area contributed by atoms with Crippen LogP contribution in [0.2, 0.25) is 0 Å². The molecular weight excluding hydrogens is 424 g/mol. The Morgan fingerprint density at radius 2 is 2.00 bits per heavy atom. The minimum absolute atomic E-state index is 0.135. The maximum atomic E-state index is 13.3. The van der Waals surface area contributed by atoms with Gasteiger partial charge in [-0.2, -0.15) is 4.31 Å². The third kappa shape index (κ3) is 5.49. The number of nitrogens with zero attached hydrogens (tertiary/aromatic N) is 3. The molecule has 0 amide bonds. The van der Waals surface area contributed by atoms with Crippen LogP contribution >= 0.6 is 0 Å². The van der Waals surface area contributed by atoms with Gasteiger partial charge in [0.25, 0.3) is 0 Å². The molecule has 1 unspecified atom stereocenters. The van der Waals surface area contributed by atoms with Crippen LogP contribution in [0.3, 0.4) is 0 Å². The summed E-state index contributed by atoms with van der Waals surface area (Å²) in [6, 6.07) is 8.92. The summed E-state index contributed by atoms with van der Waals surface area (Å²) < 4.78 is 33.6. The Morgan fingerprint density at radius 1 is 1.28 bits per heavy atom. The van der Waals surface area contributed by atoms with Crippen LogP contribution in [0, 0.1) is 5.92 Å². The summed E-state index contributed by atoms with van der Waals surface area (Å²) in [6.45, 7) is 11.3. The van der Waals surface area contributed by atoms with Gasteiger partial charge in [-0.05, 0) is 43.0 Å². The smallest absolute Gasteiger partial charge is 0.243 e. The van der Waals surface area contributed by atoms with Crippen LogP contribution in [0.4, 0.5) is 11.4 Å². The quantitative estimate of drug-likeness (QED) is 0.404. The number of rotatable bonds is 11. The molecule has 0 fully saturated rings. The van der Waals surface area contributed by atoms with Crippen LogP contribution in [0.1, 0.15) is 32.8 Å². The average Bonchev–Trinajstić information content (AvgIpc) is 3.08. The standard InChI is InChI=1S/C24H34N4O3S/c1-6-13-31-17-21(14-18(2)3)27(5)32(29,30)22-9-7-20(8-10-22)16-28-19(4)26-23-15-25-12-11-24(23)28/h6-12,15,18-19,21,26H,1,13-14,16-17H2,2-5H3/t19?,21-/m1/s1. The van der Waals surface area contributed by atoms with Crippen molar-refractivity contribution < 1.29 is 13.2 Å². The molecule has 1 aliphatic heterocycles. The van der Waals surface area contributed by atoms with E-state index in [9.17, 15) is 8.42 Å². The second-order valence-corrected chi connectivity index (χ2v) is 10.6. The summed E-state index contributed by atoms with van der Waals surface area (Å²) in [7, 11) is -2.00. The van der Waals surface area contributed by atoms with Gasteiger partial charge in [-0.1, -0.05) is 32.1 Å². The zero-order valence-corrected chi connectivity index (χ0v) is 20.2. The SMILES string of the molecule is C=CCOC[C@@H](CC(C)C)N(C)S(=O)(=O)c1ccc(CN2c3ccncc3NC2C)cc1. The number of sulfonamides is 1. The molecule has 0 saturated carbocycles. The summed E-state index contributed by atoms with van der Waals surface area (Å²) in [5, 5.41) is 3.41. The Bertz CT molecular complexity index is 1010. The van der Waals surface area contributed by atoms with Crippen molar-refractivity contribution in [2.75, 3.05) is 30.5 Å². The summed E-state index contributed by atoms with van der Waals surface area (Å²) in [4.78, 5) is 6.70. The predicted octanol–water partition coefficient (Wildman–Crippen LogP) is 4.10. The largest absolute Gasteiger partial charge is 0.376 e. The first-order valence-electron chi connectivity index (χ1n) is 11.0. The Balaban J connectivity index is 1.74. The maximum Gasteiger partial charge on any atom is 0.243 e. The highest BCUT2D eigenvalue weighted by Crippen LogP contribution is 2.34. The van der Waals surface area contributed by atoms with Gasteiger partial charge in [-0.3, -0.25) is 4.98 Å². The number of hydrogen-bond acceptors (Lipinski definition) is 6. The van der Waals surface area contributed by atoms with E-state index in [0.717, 1.165) is 23.4 Å². The summed E-state index contributed by atoms with van der Waals surface area (Å²) in [6.07, 6.45) is 6.13. The number of anilines is 2. The molecule has 8 heteroatoms. The van der Waals surface area contributed by atoms with Crippen molar-refractivity contribution >= 4 is 21.4 Å². The fourth-order valence-electron chi connectivity index (χ4n) is 3.96. The Labute approximate surface area is 192 Å². The van der Waals surface area contributed by atoms with E-state index in [1.807, 2.05) is 24.4 Å². The molecule has 2 aromatic rings. The normalized spacial score (nSPS) is 16.8. The van der Waals surface area contributed by atoms with Crippen molar-refractivity contribution in [3.8, 4) is 0 Å². The second-order valence-electron chi connectivity index (χ2n) is 8.62. The number of nitrogens with one attached hydrogen (secondary N) is 1. The minimum atomic E-state index is -3.63. The number of likely N-dealkylation sites (N-methyl/N-ethyl adjacent to an activating group) is 1. The zero-order chi connectivity index (χ0) is 23.3. The number of ether oxygens (including phenoxy) is 1.